The topological polar surface area (TPSA) is 29.5 Å². The Bertz CT molecular complexity index is 378. The van der Waals surface area contributed by atoms with E-state index in [9.17, 15) is 8.78 Å². The molecule has 0 amide bonds. The monoisotopic (exact) mass is 248 g/mol. The van der Waals surface area contributed by atoms with Crippen molar-refractivity contribution in [1.29, 1.82) is 0 Å². The molecule has 0 saturated heterocycles. The molecular weight excluding hydrogens is 238 g/mol. The molecule has 0 aliphatic carbocycles. The summed E-state index contributed by atoms with van der Waals surface area (Å²) in [5, 5.41) is 9.46. The molecule has 1 N–H and O–H groups in total. The predicted molar refractivity (Wildman–Crippen MR) is 58.8 cm³/mol. The molecular formula is C11H11ClF2O2. The maximum atomic E-state index is 12.1. The van der Waals surface area contributed by atoms with Gasteiger partial charge in [-0.1, -0.05) is 23.8 Å². The van der Waals surface area contributed by atoms with E-state index in [1.807, 2.05) is 0 Å². The second-order valence-corrected chi connectivity index (χ2v) is 3.60. The number of halogens is 3. The highest BCUT2D eigenvalue weighted by molar-refractivity contribution is 6.30. The Labute approximate surface area is 97.1 Å². The molecule has 1 aromatic rings. The quantitative estimate of drug-likeness (QED) is 0.886. The summed E-state index contributed by atoms with van der Waals surface area (Å²) >= 11 is 5.73. The summed E-state index contributed by atoms with van der Waals surface area (Å²) in [6, 6.07) is 4.30. The Kier molecular flexibility index (Phi) is 4.71. The van der Waals surface area contributed by atoms with Crippen molar-refractivity contribution in [2.75, 3.05) is 0 Å². The molecule has 0 aliphatic rings. The summed E-state index contributed by atoms with van der Waals surface area (Å²) in [4.78, 5) is 0. The van der Waals surface area contributed by atoms with Crippen LogP contribution in [0.4, 0.5) is 8.78 Å². The molecule has 1 atom stereocenters. The van der Waals surface area contributed by atoms with Gasteiger partial charge in [0, 0.05) is 10.6 Å². The number of aliphatic hydroxyl groups excluding tert-OH is 1. The van der Waals surface area contributed by atoms with Gasteiger partial charge in [0.15, 0.2) is 0 Å². The van der Waals surface area contributed by atoms with Crippen molar-refractivity contribution in [2.45, 2.75) is 19.6 Å². The van der Waals surface area contributed by atoms with Gasteiger partial charge in [-0.2, -0.15) is 8.78 Å². The van der Waals surface area contributed by atoms with Gasteiger partial charge >= 0.3 is 6.61 Å². The normalized spacial score (nSPS) is 13.4. The van der Waals surface area contributed by atoms with Gasteiger partial charge in [-0.05, 0) is 25.1 Å². The van der Waals surface area contributed by atoms with Crippen LogP contribution in [0.5, 0.6) is 5.75 Å². The highest BCUT2D eigenvalue weighted by Gasteiger charge is 2.08. The van der Waals surface area contributed by atoms with E-state index in [0.717, 1.165) is 0 Å². The van der Waals surface area contributed by atoms with Crippen molar-refractivity contribution < 1.29 is 18.6 Å². The molecule has 0 aliphatic heterocycles. The first-order valence-electron chi connectivity index (χ1n) is 4.59. The van der Waals surface area contributed by atoms with Crippen LogP contribution >= 0.6 is 11.6 Å². The molecule has 0 saturated carbocycles. The van der Waals surface area contributed by atoms with Crippen LogP contribution in [0.1, 0.15) is 12.5 Å². The summed E-state index contributed by atoms with van der Waals surface area (Å²) in [5.41, 5.74) is 0.397. The lowest BCUT2D eigenvalue weighted by molar-refractivity contribution is -0.0499. The van der Waals surface area contributed by atoms with Crippen LogP contribution < -0.4 is 4.74 Å². The number of hydrogen-bond acceptors (Lipinski definition) is 2. The number of alkyl halides is 2. The average molecular weight is 249 g/mol. The molecule has 5 heteroatoms. The van der Waals surface area contributed by atoms with Crippen molar-refractivity contribution in [3.05, 3.63) is 34.9 Å². The van der Waals surface area contributed by atoms with E-state index in [1.165, 1.54) is 30.4 Å². The first-order valence-corrected chi connectivity index (χ1v) is 4.97. The van der Waals surface area contributed by atoms with Crippen molar-refractivity contribution in [2.24, 2.45) is 0 Å². The third kappa shape index (κ3) is 4.16. The van der Waals surface area contributed by atoms with Gasteiger partial charge in [0.2, 0.25) is 0 Å². The van der Waals surface area contributed by atoms with Gasteiger partial charge < -0.3 is 9.84 Å². The lowest BCUT2D eigenvalue weighted by Gasteiger charge is -2.08. The van der Waals surface area contributed by atoms with E-state index in [2.05, 4.69) is 4.74 Å². The van der Waals surface area contributed by atoms with Crippen LogP contribution in [0.3, 0.4) is 0 Å². The van der Waals surface area contributed by atoms with Crippen molar-refractivity contribution in [3.8, 4) is 5.75 Å². The van der Waals surface area contributed by atoms with Crippen molar-refractivity contribution >= 4 is 17.7 Å². The fourth-order valence-corrected chi connectivity index (χ4v) is 1.28. The van der Waals surface area contributed by atoms with E-state index < -0.39 is 12.7 Å². The molecule has 0 spiro atoms. The van der Waals surface area contributed by atoms with Gasteiger partial charge in [0.1, 0.15) is 5.75 Å². The smallest absolute Gasteiger partial charge is 0.387 e. The fourth-order valence-electron chi connectivity index (χ4n) is 1.10. The van der Waals surface area contributed by atoms with Gasteiger partial charge in [-0.3, -0.25) is 0 Å². The third-order valence-corrected chi connectivity index (χ3v) is 1.98. The summed E-state index contributed by atoms with van der Waals surface area (Å²) in [5.74, 6) is 0.0244. The SMILES string of the molecule is CC(O)/C=C/c1cc(Cl)ccc1OC(F)F. The highest BCUT2D eigenvalue weighted by atomic mass is 35.5. The third-order valence-electron chi connectivity index (χ3n) is 1.74. The molecule has 0 bridgehead atoms. The minimum absolute atomic E-state index is 0.0244. The highest BCUT2D eigenvalue weighted by Crippen LogP contribution is 2.25. The number of rotatable bonds is 4. The summed E-state index contributed by atoms with van der Waals surface area (Å²) < 4.78 is 28.5. The lowest BCUT2D eigenvalue weighted by atomic mass is 10.1. The number of hydrogen-bond donors (Lipinski definition) is 1. The zero-order valence-electron chi connectivity index (χ0n) is 8.53. The minimum atomic E-state index is -2.89. The maximum Gasteiger partial charge on any atom is 0.387 e. The summed E-state index contributed by atoms with van der Waals surface area (Å²) in [7, 11) is 0. The van der Waals surface area contributed by atoms with Crippen LogP contribution in [0.25, 0.3) is 6.08 Å². The van der Waals surface area contributed by atoms with Gasteiger partial charge in [0.25, 0.3) is 0 Å². The van der Waals surface area contributed by atoms with Crippen LogP contribution in [-0.4, -0.2) is 17.8 Å². The van der Waals surface area contributed by atoms with Gasteiger partial charge in [-0.15, -0.1) is 0 Å². The largest absolute Gasteiger partial charge is 0.434 e. The van der Waals surface area contributed by atoms with Crippen LogP contribution in [0, 0.1) is 0 Å². The Morgan fingerprint density at radius 2 is 2.12 bits per heavy atom. The average Bonchev–Trinajstić information content (AvgIpc) is 2.17. The Hall–Kier alpha value is -1.13. The summed E-state index contributed by atoms with van der Waals surface area (Å²) in [6.45, 7) is -1.34. The van der Waals surface area contributed by atoms with E-state index >= 15 is 0 Å². The van der Waals surface area contributed by atoms with Crippen LogP contribution in [0.2, 0.25) is 5.02 Å². The molecule has 1 rings (SSSR count). The Balaban J connectivity index is 2.98. The van der Waals surface area contributed by atoms with Crippen molar-refractivity contribution in [1.82, 2.24) is 0 Å². The molecule has 0 radical (unpaired) electrons. The first-order chi connectivity index (χ1) is 7.49. The zero-order chi connectivity index (χ0) is 12.1. The lowest BCUT2D eigenvalue weighted by Crippen LogP contribution is -2.03. The Morgan fingerprint density at radius 1 is 1.44 bits per heavy atom. The second kappa shape index (κ2) is 5.82. The molecule has 0 heterocycles. The molecule has 1 aromatic carbocycles. The molecule has 2 nitrogen and oxygen atoms in total. The van der Waals surface area contributed by atoms with E-state index in [1.54, 1.807) is 6.92 Å². The van der Waals surface area contributed by atoms with Crippen LogP contribution in [-0.2, 0) is 0 Å². The van der Waals surface area contributed by atoms with E-state index in [4.69, 9.17) is 16.7 Å². The minimum Gasteiger partial charge on any atom is -0.434 e. The number of aliphatic hydroxyl groups is 1. The Morgan fingerprint density at radius 3 is 2.69 bits per heavy atom. The van der Waals surface area contributed by atoms with Crippen molar-refractivity contribution in [3.63, 3.8) is 0 Å². The molecule has 88 valence electrons. The maximum absolute atomic E-state index is 12.1. The fraction of sp³-hybridized carbons (Fsp3) is 0.273. The first kappa shape index (κ1) is 12.9. The molecule has 0 aromatic heterocycles. The van der Waals surface area contributed by atoms with Crippen LogP contribution in [0.15, 0.2) is 24.3 Å². The molecule has 0 fully saturated rings. The number of ether oxygens (including phenoxy) is 1. The second-order valence-electron chi connectivity index (χ2n) is 3.16. The zero-order valence-corrected chi connectivity index (χ0v) is 9.29. The van der Waals surface area contributed by atoms with Gasteiger partial charge in [0.05, 0.1) is 6.10 Å². The molecule has 1 unspecified atom stereocenters. The van der Waals surface area contributed by atoms with E-state index in [-0.39, 0.29) is 5.75 Å². The standard InChI is InChI=1S/C11H11ClF2O2/c1-7(15)2-3-8-6-9(12)4-5-10(8)16-11(13)14/h2-7,11,15H,1H3/b3-2+. The number of benzene rings is 1. The molecule has 16 heavy (non-hydrogen) atoms. The van der Waals surface area contributed by atoms with Gasteiger partial charge in [-0.25, -0.2) is 0 Å². The summed E-state index contributed by atoms with van der Waals surface area (Å²) in [6.07, 6.45) is 2.26. The van der Waals surface area contributed by atoms with E-state index in [0.29, 0.717) is 10.6 Å². The predicted octanol–water partition coefficient (Wildman–Crippen LogP) is 3.34.